The molecule has 1 amide bonds. The second kappa shape index (κ2) is 5.47. The first-order valence-electron chi connectivity index (χ1n) is 6.12. The summed E-state index contributed by atoms with van der Waals surface area (Å²) in [6.45, 7) is 3.83. The van der Waals surface area contributed by atoms with Crippen LogP contribution in [-0.4, -0.2) is 45.1 Å². The normalized spacial score (nSPS) is 19.5. The second-order valence-corrected chi connectivity index (χ2v) is 8.17. The SMILES string of the molecule is CC(C)(CNC(=O)C1(C#N)CCOCC1)S(C)(=O)=O. The lowest BCUT2D eigenvalue weighted by Gasteiger charge is -2.31. The van der Waals surface area contributed by atoms with Gasteiger partial charge in [0.1, 0.15) is 5.41 Å². The Morgan fingerprint density at radius 3 is 2.37 bits per heavy atom. The van der Waals surface area contributed by atoms with Crippen molar-refractivity contribution >= 4 is 15.7 Å². The molecule has 0 radical (unpaired) electrons. The summed E-state index contributed by atoms with van der Waals surface area (Å²) in [5.41, 5.74) is -1.09. The number of carbonyl (C=O) groups is 1. The average Bonchev–Trinajstić information content (AvgIpc) is 2.35. The molecular formula is C12H20N2O4S. The third kappa shape index (κ3) is 3.45. The molecule has 0 spiro atoms. The fourth-order valence-corrected chi connectivity index (χ4v) is 2.04. The number of hydrogen-bond acceptors (Lipinski definition) is 5. The van der Waals surface area contributed by atoms with E-state index in [0.717, 1.165) is 6.26 Å². The van der Waals surface area contributed by atoms with Crippen LogP contribution in [0.4, 0.5) is 0 Å². The topological polar surface area (TPSA) is 96.3 Å². The van der Waals surface area contributed by atoms with E-state index < -0.39 is 25.9 Å². The van der Waals surface area contributed by atoms with E-state index >= 15 is 0 Å². The van der Waals surface area contributed by atoms with Crippen molar-refractivity contribution in [3.63, 3.8) is 0 Å². The van der Waals surface area contributed by atoms with Crippen LogP contribution in [0.3, 0.4) is 0 Å². The Labute approximate surface area is 114 Å². The van der Waals surface area contributed by atoms with Crippen molar-refractivity contribution in [2.75, 3.05) is 26.0 Å². The Morgan fingerprint density at radius 2 is 1.95 bits per heavy atom. The molecule has 0 aromatic carbocycles. The Morgan fingerprint density at radius 1 is 1.42 bits per heavy atom. The molecule has 7 heteroatoms. The summed E-state index contributed by atoms with van der Waals surface area (Å²) in [4.78, 5) is 12.1. The van der Waals surface area contributed by atoms with E-state index in [1.165, 1.54) is 0 Å². The van der Waals surface area contributed by atoms with Gasteiger partial charge in [-0.15, -0.1) is 0 Å². The van der Waals surface area contributed by atoms with Crippen LogP contribution in [0.1, 0.15) is 26.7 Å². The molecule has 1 saturated heterocycles. The number of carbonyl (C=O) groups excluding carboxylic acids is 1. The maximum absolute atomic E-state index is 12.1. The fraction of sp³-hybridized carbons (Fsp3) is 0.833. The van der Waals surface area contributed by atoms with Gasteiger partial charge in [0, 0.05) is 26.0 Å². The van der Waals surface area contributed by atoms with E-state index in [9.17, 15) is 18.5 Å². The number of nitrogens with zero attached hydrogens (tertiary/aromatic N) is 1. The highest BCUT2D eigenvalue weighted by atomic mass is 32.2. The molecule has 0 bridgehead atoms. The van der Waals surface area contributed by atoms with Crippen LogP contribution in [0.2, 0.25) is 0 Å². The average molecular weight is 288 g/mol. The standard InChI is InChI=1S/C12H20N2O4S/c1-11(2,19(3,16)17)9-14-10(15)12(8-13)4-6-18-7-5-12/h4-7,9H2,1-3H3,(H,14,15). The molecule has 1 N–H and O–H groups in total. The third-order valence-electron chi connectivity index (χ3n) is 3.67. The van der Waals surface area contributed by atoms with Gasteiger partial charge >= 0.3 is 0 Å². The predicted octanol–water partition coefficient (Wildman–Crippen LogP) is 0.246. The molecule has 0 aliphatic carbocycles. The van der Waals surface area contributed by atoms with Crippen LogP contribution < -0.4 is 5.32 Å². The van der Waals surface area contributed by atoms with Crippen LogP contribution in [0, 0.1) is 16.7 Å². The largest absolute Gasteiger partial charge is 0.381 e. The summed E-state index contributed by atoms with van der Waals surface area (Å²) < 4.78 is 27.2. The molecule has 108 valence electrons. The predicted molar refractivity (Wildman–Crippen MR) is 70.0 cm³/mol. The lowest BCUT2D eigenvalue weighted by molar-refractivity contribution is -0.132. The van der Waals surface area contributed by atoms with Crippen molar-refractivity contribution < 1.29 is 17.9 Å². The lowest BCUT2D eigenvalue weighted by atomic mass is 9.81. The highest BCUT2D eigenvalue weighted by Crippen LogP contribution is 2.30. The van der Waals surface area contributed by atoms with Gasteiger partial charge in [-0.1, -0.05) is 0 Å². The van der Waals surface area contributed by atoms with E-state index in [-0.39, 0.29) is 6.54 Å². The zero-order valence-electron chi connectivity index (χ0n) is 11.5. The van der Waals surface area contributed by atoms with Gasteiger partial charge in [0.15, 0.2) is 9.84 Å². The summed E-state index contributed by atoms with van der Waals surface area (Å²) in [6.07, 6.45) is 1.82. The number of ether oxygens (including phenoxy) is 1. The minimum Gasteiger partial charge on any atom is -0.381 e. The molecule has 1 heterocycles. The highest BCUT2D eigenvalue weighted by Gasteiger charge is 2.41. The number of amides is 1. The van der Waals surface area contributed by atoms with Crippen molar-refractivity contribution in [3.8, 4) is 6.07 Å². The quantitative estimate of drug-likeness (QED) is 0.799. The maximum Gasteiger partial charge on any atom is 0.240 e. The van der Waals surface area contributed by atoms with Gasteiger partial charge in [0.05, 0.1) is 10.8 Å². The Hall–Kier alpha value is -1.13. The van der Waals surface area contributed by atoms with Crippen molar-refractivity contribution in [1.82, 2.24) is 5.32 Å². The second-order valence-electron chi connectivity index (χ2n) is 5.52. The summed E-state index contributed by atoms with van der Waals surface area (Å²) in [6, 6.07) is 2.05. The van der Waals surface area contributed by atoms with Crippen LogP contribution in [0.5, 0.6) is 0 Å². The van der Waals surface area contributed by atoms with Crippen LogP contribution in [0.15, 0.2) is 0 Å². The van der Waals surface area contributed by atoms with Crippen molar-refractivity contribution in [1.29, 1.82) is 5.26 Å². The van der Waals surface area contributed by atoms with Gasteiger partial charge in [0.25, 0.3) is 0 Å². The Bertz CT molecular complexity index is 484. The van der Waals surface area contributed by atoms with E-state index in [1.807, 2.05) is 0 Å². The molecule has 0 unspecified atom stereocenters. The van der Waals surface area contributed by atoms with E-state index in [1.54, 1.807) is 13.8 Å². The summed E-state index contributed by atoms with van der Waals surface area (Å²) >= 11 is 0. The van der Waals surface area contributed by atoms with Gasteiger partial charge in [-0.05, 0) is 26.7 Å². The monoisotopic (exact) mass is 288 g/mol. The minimum atomic E-state index is -3.28. The molecular weight excluding hydrogens is 268 g/mol. The number of hydrogen-bond donors (Lipinski definition) is 1. The third-order valence-corrected chi connectivity index (χ3v) is 5.83. The molecule has 0 atom stereocenters. The first kappa shape index (κ1) is 15.9. The van der Waals surface area contributed by atoms with Gasteiger partial charge < -0.3 is 10.1 Å². The molecule has 1 rings (SSSR count). The zero-order chi connectivity index (χ0) is 14.7. The zero-order valence-corrected chi connectivity index (χ0v) is 12.3. The molecule has 0 saturated carbocycles. The molecule has 0 aromatic heterocycles. The minimum absolute atomic E-state index is 0.00501. The molecule has 19 heavy (non-hydrogen) atoms. The van der Waals surface area contributed by atoms with E-state index in [0.29, 0.717) is 26.1 Å². The van der Waals surface area contributed by atoms with Crippen molar-refractivity contribution in [2.45, 2.75) is 31.4 Å². The van der Waals surface area contributed by atoms with Gasteiger partial charge in [0.2, 0.25) is 5.91 Å². The first-order chi connectivity index (χ1) is 8.65. The molecule has 1 aliphatic heterocycles. The summed E-state index contributed by atoms with van der Waals surface area (Å²) in [5, 5.41) is 11.8. The smallest absolute Gasteiger partial charge is 0.240 e. The molecule has 1 fully saturated rings. The Kier molecular flexibility index (Phi) is 4.59. The maximum atomic E-state index is 12.1. The van der Waals surface area contributed by atoms with E-state index in [4.69, 9.17) is 4.74 Å². The molecule has 6 nitrogen and oxygen atoms in total. The summed E-state index contributed by atoms with van der Waals surface area (Å²) in [7, 11) is -3.28. The van der Waals surface area contributed by atoms with Crippen LogP contribution in [0.25, 0.3) is 0 Å². The summed E-state index contributed by atoms with van der Waals surface area (Å²) in [5.74, 6) is -0.407. The van der Waals surface area contributed by atoms with Gasteiger partial charge in [-0.2, -0.15) is 5.26 Å². The van der Waals surface area contributed by atoms with Crippen LogP contribution >= 0.6 is 0 Å². The number of nitrogens with one attached hydrogen (secondary N) is 1. The number of rotatable bonds is 4. The van der Waals surface area contributed by atoms with Crippen molar-refractivity contribution in [2.24, 2.45) is 5.41 Å². The molecule has 1 aliphatic rings. The molecule has 0 aromatic rings. The highest BCUT2D eigenvalue weighted by molar-refractivity contribution is 7.92. The lowest BCUT2D eigenvalue weighted by Crippen LogP contribution is -2.50. The number of nitriles is 1. The first-order valence-corrected chi connectivity index (χ1v) is 8.01. The van der Waals surface area contributed by atoms with Gasteiger partial charge in [-0.25, -0.2) is 8.42 Å². The fourth-order valence-electron chi connectivity index (χ4n) is 1.70. The van der Waals surface area contributed by atoms with Gasteiger partial charge in [-0.3, -0.25) is 4.79 Å². The van der Waals surface area contributed by atoms with E-state index in [2.05, 4.69) is 11.4 Å². The Balaban J connectivity index is 2.73. The number of sulfone groups is 1. The van der Waals surface area contributed by atoms with Crippen molar-refractivity contribution in [3.05, 3.63) is 0 Å². The van der Waals surface area contributed by atoms with Crippen LogP contribution in [-0.2, 0) is 19.4 Å².